The van der Waals surface area contributed by atoms with E-state index < -0.39 is 0 Å². The van der Waals surface area contributed by atoms with Gasteiger partial charge in [0.05, 0.1) is 11.8 Å². The minimum absolute atomic E-state index is 0.112. The molecule has 5 heteroatoms. The van der Waals surface area contributed by atoms with Crippen molar-refractivity contribution in [3.63, 3.8) is 0 Å². The Hall–Kier alpha value is -2.62. The molecular formula is C24H18Cl2N2O. The fourth-order valence-electron chi connectivity index (χ4n) is 4.38. The maximum atomic E-state index is 13.4. The van der Waals surface area contributed by atoms with Crippen LogP contribution < -0.4 is 0 Å². The maximum Gasteiger partial charge on any atom is 0.274 e. The predicted octanol–water partition coefficient (Wildman–Crippen LogP) is 6.16. The molecule has 1 aliphatic carbocycles. The predicted molar refractivity (Wildman–Crippen MR) is 117 cm³/mol. The first-order valence-electron chi connectivity index (χ1n) is 9.64. The molecule has 29 heavy (non-hydrogen) atoms. The molecule has 144 valence electrons. The van der Waals surface area contributed by atoms with Crippen LogP contribution in [0.25, 0.3) is 0 Å². The minimum atomic E-state index is -0.227. The van der Waals surface area contributed by atoms with Gasteiger partial charge in [0, 0.05) is 27.1 Å². The second-order valence-electron chi connectivity index (χ2n) is 7.41. The van der Waals surface area contributed by atoms with Gasteiger partial charge < -0.3 is 0 Å². The second-order valence-corrected chi connectivity index (χ2v) is 8.25. The van der Waals surface area contributed by atoms with E-state index in [0.29, 0.717) is 15.6 Å². The number of halogens is 2. The van der Waals surface area contributed by atoms with E-state index in [1.165, 1.54) is 5.56 Å². The molecule has 0 bridgehead atoms. The molecule has 1 amide bonds. The zero-order valence-corrected chi connectivity index (χ0v) is 17.1. The summed E-state index contributed by atoms with van der Waals surface area (Å²) in [4.78, 5) is 13.4. The fourth-order valence-corrected chi connectivity index (χ4v) is 4.75. The standard InChI is InChI=1S/C24H18Cl2N2O/c25-17-12-9-16(10-13-17)24(29)28-23(19-7-3-4-8-21(19)26)20-14-11-15-5-1-2-6-18(15)22(20)27-28/h1-10,12-13,20,23H,11,14H2/t20-,23-/m0/s1. The van der Waals surface area contributed by atoms with E-state index in [4.69, 9.17) is 28.3 Å². The number of aryl methyl sites for hydroxylation is 1. The van der Waals surface area contributed by atoms with Crippen molar-refractivity contribution in [2.45, 2.75) is 18.9 Å². The van der Waals surface area contributed by atoms with E-state index in [2.05, 4.69) is 18.2 Å². The number of amides is 1. The molecule has 0 fully saturated rings. The number of hydrogen-bond donors (Lipinski definition) is 0. The summed E-state index contributed by atoms with van der Waals surface area (Å²) in [5.74, 6) is -0.0352. The van der Waals surface area contributed by atoms with E-state index in [9.17, 15) is 4.79 Å². The summed E-state index contributed by atoms with van der Waals surface area (Å²) in [6.07, 6.45) is 1.89. The Morgan fingerprint density at radius 3 is 2.45 bits per heavy atom. The van der Waals surface area contributed by atoms with Gasteiger partial charge in [-0.3, -0.25) is 4.79 Å². The van der Waals surface area contributed by atoms with Gasteiger partial charge >= 0.3 is 0 Å². The third kappa shape index (κ3) is 3.15. The Bertz CT molecular complexity index is 1120. The van der Waals surface area contributed by atoms with Crippen LogP contribution in [0.3, 0.4) is 0 Å². The molecule has 5 rings (SSSR count). The number of fused-ring (bicyclic) bond motifs is 3. The van der Waals surface area contributed by atoms with Crippen molar-refractivity contribution in [2.24, 2.45) is 11.0 Å². The largest absolute Gasteiger partial charge is 0.274 e. The molecule has 3 aromatic rings. The molecule has 0 unspecified atom stereocenters. The van der Waals surface area contributed by atoms with Gasteiger partial charge in [-0.1, -0.05) is 65.7 Å². The summed E-state index contributed by atoms with van der Waals surface area (Å²) in [5.41, 5.74) is 4.87. The van der Waals surface area contributed by atoms with Crippen LogP contribution in [-0.4, -0.2) is 16.6 Å². The molecular weight excluding hydrogens is 403 g/mol. The summed E-state index contributed by atoms with van der Waals surface area (Å²) >= 11 is 12.6. The lowest BCUT2D eigenvalue weighted by Gasteiger charge is -2.30. The van der Waals surface area contributed by atoms with Crippen molar-refractivity contribution in [3.05, 3.63) is 105 Å². The van der Waals surface area contributed by atoms with E-state index >= 15 is 0 Å². The Balaban J connectivity index is 1.64. The Labute approximate surface area is 179 Å². The first-order chi connectivity index (χ1) is 14.1. The molecule has 0 radical (unpaired) electrons. The van der Waals surface area contributed by atoms with E-state index in [-0.39, 0.29) is 17.9 Å². The monoisotopic (exact) mass is 420 g/mol. The number of carbonyl (C=O) groups is 1. The summed E-state index contributed by atoms with van der Waals surface area (Å²) in [7, 11) is 0. The molecule has 1 aliphatic heterocycles. The van der Waals surface area contributed by atoms with Gasteiger partial charge in [-0.15, -0.1) is 0 Å². The molecule has 3 nitrogen and oxygen atoms in total. The quantitative estimate of drug-likeness (QED) is 0.488. The van der Waals surface area contributed by atoms with Crippen LogP contribution in [0.2, 0.25) is 10.0 Å². The highest BCUT2D eigenvalue weighted by Gasteiger charge is 2.44. The minimum Gasteiger partial charge on any atom is -0.267 e. The Kier molecular flexibility index (Phi) is 4.65. The van der Waals surface area contributed by atoms with Gasteiger partial charge in [-0.2, -0.15) is 5.10 Å². The van der Waals surface area contributed by atoms with E-state index in [0.717, 1.165) is 29.7 Å². The van der Waals surface area contributed by atoms with Gasteiger partial charge in [0.2, 0.25) is 0 Å². The highest BCUT2D eigenvalue weighted by atomic mass is 35.5. The average Bonchev–Trinajstić information content (AvgIpc) is 3.14. The Morgan fingerprint density at radius 2 is 1.66 bits per heavy atom. The summed E-state index contributed by atoms with van der Waals surface area (Å²) in [5, 5.41) is 7.73. The number of nitrogens with zero attached hydrogens (tertiary/aromatic N) is 2. The molecule has 0 N–H and O–H groups in total. The topological polar surface area (TPSA) is 32.7 Å². The molecule has 0 aromatic heterocycles. The van der Waals surface area contributed by atoms with Crippen molar-refractivity contribution in [2.75, 3.05) is 0 Å². The van der Waals surface area contributed by atoms with Crippen LogP contribution >= 0.6 is 23.2 Å². The molecule has 0 spiro atoms. The molecule has 0 saturated heterocycles. The van der Waals surface area contributed by atoms with Gasteiger partial charge in [-0.25, -0.2) is 5.01 Å². The number of benzene rings is 3. The lowest BCUT2D eigenvalue weighted by atomic mass is 9.77. The van der Waals surface area contributed by atoms with Crippen molar-refractivity contribution in [1.82, 2.24) is 5.01 Å². The third-order valence-corrected chi connectivity index (χ3v) is 6.35. The molecule has 1 heterocycles. The van der Waals surface area contributed by atoms with E-state index in [1.54, 1.807) is 29.3 Å². The molecule has 3 aromatic carbocycles. The normalized spacial score (nSPS) is 20.1. The summed E-state index contributed by atoms with van der Waals surface area (Å²) in [6.45, 7) is 0. The second kappa shape index (κ2) is 7.33. The zero-order chi connectivity index (χ0) is 20.0. The van der Waals surface area contributed by atoms with Crippen LogP contribution in [0, 0.1) is 5.92 Å². The smallest absolute Gasteiger partial charge is 0.267 e. The molecule has 2 atom stereocenters. The van der Waals surface area contributed by atoms with E-state index in [1.807, 2.05) is 30.3 Å². The molecule has 2 aliphatic rings. The van der Waals surface area contributed by atoms with Crippen molar-refractivity contribution >= 4 is 34.8 Å². The number of hydrogen-bond acceptors (Lipinski definition) is 2. The summed E-state index contributed by atoms with van der Waals surface area (Å²) in [6, 6.07) is 22.8. The van der Waals surface area contributed by atoms with Crippen molar-refractivity contribution in [1.29, 1.82) is 0 Å². The average molecular weight is 421 g/mol. The SMILES string of the molecule is O=C(c1ccc(Cl)cc1)N1N=C2c3ccccc3CC[C@@H]2[C@@H]1c1ccccc1Cl. The Morgan fingerprint density at radius 1 is 0.931 bits per heavy atom. The summed E-state index contributed by atoms with van der Waals surface area (Å²) < 4.78 is 0. The number of rotatable bonds is 2. The van der Waals surface area contributed by atoms with Crippen LogP contribution in [-0.2, 0) is 6.42 Å². The van der Waals surface area contributed by atoms with Crippen molar-refractivity contribution < 1.29 is 4.79 Å². The number of hydrazone groups is 1. The van der Waals surface area contributed by atoms with Crippen LogP contribution in [0.4, 0.5) is 0 Å². The van der Waals surface area contributed by atoms with Crippen LogP contribution in [0.1, 0.15) is 39.5 Å². The van der Waals surface area contributed by atoms with Crippen molar-refractivity contribution in [3.8, 4) is 0 Å². The lowest BCUT2D eigenvalue weighted by Crippen LogP contribution is -2.32. The van der Waals surface area contributed by atoms with Gasteiger partial charge in [-0.05, 0) is 54.3 Å². The van der Waals surface area contributed by atoms with Gasteiger partial charge in [0.15, 0.2) is 0 Å². The van der Waals surface area contributed by atoms with Crippen LogP contribution in [0.15, 0.2) is 77.9 Å². The maximum absolute atomic E-state index is 13.4. The lowest BCUT2D eigenvalue weighted by molar-refractivity contribution is 0.0682. The fraction of sp³-hybridized carbons (Fsp3) is 0.167. The first kappa shape index (κ1) is 18.4. The first-order valence-corrected chi connectivity index (χ1v) is 10.4. The zero-order valence-electron chi connectivity index (χ0n) is 15.6. The van der Waals surface area contributed by atoms with Gasteiger partial charge in [0.25, 0.3) is 5.91 Å². The third-order valence-electron chi connectivity index (χ3n) is 5.75. The van der Waals surface area contributed by atoms with Crippen LogP contribution in [0.5, 0.6) is 0 Å². The highest BCUT2D eigenvalue weighted by molar-refractivity contribution is 6.31. The molecule has 0 saturated carbocycles. The number of carbonyl (C=O) groups excluding carboxylic acids is 1. The highest BCUT2D eigenvalue weighted by Crippen LogP contribution is 2.45. The van der Waals surface area contributed by atoms with Gasteiger partial charge in [0.1, 0.15) is 0 Å².